The molecule has 22 heavy (non-hydrogen) atoms. The van der Waals surface area contributed by atoms with Crippen molar-refractivity contribution in [1.29, 1.82) is 0 Å². The van der Waals surface area contributed by atoms with Gasteiger partial charge in [-0.15, -0.1) is 0 Å². The molecule has 2 aromatic rings. The van der Waals surface area contributed by atoms with E-state index < -0.39 is 17.7 Å². The van der Waals surface area contributed by atoms with Crippen LogP contribution in [0.2, 0.25) is 0 Å². The van der Waals surface area contributed by atoms with Crippen molar-refractivity contribution in [3.05, 3.63) is 65.2 Å². The second-order valence-electron chi connectivity index (χ2n) is 4.60. The van der Waals surface area contributed by atoms with Gasteiger partial charge in [0, 0.05) is 24.2 Å². The molecule has 2 rings (SSSR count). The Labute approximate surface area is 126 Å². The van der Waals surface area contributed by atoms with Crippen molar-refractivity contribution in [1.82, 2.24) is 5.32 Å². The van der Waals surface area contributed by atoms with Crippen LogP contribution in [0.15, 0.2) is 42.5 Å². The van der Waals surface area contributed by atoms with Gasteiger partial charge < -0.3 is 15.2 Å². The molecule has 0 fully saturated rings. The number of halogens is 2. The van der Waals surface area contributed by atoms with Gasteiger partial charge in [-0.25, -0.2) is 8.78 Å². The lowest BCUT2D eigenvalue weighted by Crippen LogP contribution is -2.18. The Morgan fingerprint density at radius 2 is 2.05 bits per heavy atom. The summed E-state index contributed by atoms with van der Waals surface area (Å²) in [6, 6.07) is 9.29. The molecule has 2 aromatic carbocycles. The lowest BCUT2D eigenvalue weighted by molar-refractivity contribution is 0.0960. The van der Waals surface area contributed by atoms with Crippen LogP contribution in [-0.4, -0.2) is 24.7 Å². The number of hydrogen-bond donors (Lipinski definition) is 2. The highest BCUT2D eigenvalue weighted by molar-refractivity contribution is 5.94. The van der Waals surface area contributed by atoms with E-state index in [-0.39, 0.29) is 18.1 Å². The number of aliphatic hydroxyl groups excluding tert-OH is 1. The van der Waals surface area contributed by atoms with Crippen LogP contribution in [0.3, 0.4) is 0 Å². The molecule has 0 aliphatic rings. The van der Waals surface area contributed by atoms with Gasteiger partial charge in [-0.2, -0.15) is 0 Å². The van der Waals surface area contributed by atoms with Crippen LogP contribution < -0.4 is 10.1 Å². The number of ether oxygens (including phenoxy) is 1. The van der Waals surface area contributed by atoms with Crippen molar-refractivity contribution in [3.8, 4) is 5.75 Å². The predicted molar refractivity (Wildman–Crippen MR) is 76.6 cm³/mol. The molecule has 0 heterocycles. The largest absolute Gasteiger partial charge is 0.491 e. The molecule has 116 valence electrons. The highest BCUT2D eigenvalue weighted by Crippen LogP contribution is 2.20. The first kappa shape index (κ1) is 15.9. The molecule has 0 spiro atoms. The number of benzene rings is 2. The lowest BCUT2D eigenvalue weighted by atomic mass is 10.1. The van der Waals surface area contributed by atoms with Gasteiger partial charge in [0.15, 0.2) is 0 Å². The fraction of sp³-hybridized carbons (Fsp3) is 0.188. The average molecular weight is 307 g/mol. The van der Waals surface area contributed by atoms with E-state index in [1.165, 1.54) is 19.2 Å². The Kier molecular flexibility index (Phi) is 5.06. The molecule has 0 aliphatic carbocycles. The number of carbonyl (C=O) groups is 1. The van der Waals surface area contributed by atoms with Crippen molar-refractivity contribution in [3.63, 3.8) is 0 Å². The number of amides is 1. The van der Waals surface area contributed by atoms with Gasteiger partial charge in [-0.3, -0.25) is 4.79 Å². The smallest absolute Gasteiger partial charge is 0.251 e. The summed E-state index contributed by atoms with van der Waals surface area (Å²) in [4.78, 5) is 11.5. The van der Waals surface area contributed by atoms with Crippen LogP contribution in [0, 0.1) is 11.6 Å². The maximum Gasteiger partial charge on any atom is 0.251 e. The maximum atomic E-state index is 13.5. The molecule has 0 radical (unpaired) electrons. The zero-order chi connectivity index (χ0) is 16.1. The van der Waals surface area contributed by atoms with Gasteiger partial charge in [0.2, 0.25) is 0 Å². The SMILES string of the molecule is CNC(=O)c1cccc(OCC(O)c2ccc(F)cc2F)c1. The molecule has 0 saturated heterocycles. The summed E-state index contributed by atoms with van der Waals surface area (Å²) < 4.78 is 31.7. The quantitative estimate of drug-likeness (QED) is 0.892. The maximum absolute atomic E-state index is 13.5. The Bertz CT molecular complexity index is 676. The highest BCUT2D eigenvalue weighted by Gasteiger charge is 2.14. The molecule has 0 saturated carbocycles. The second-order valence-corrected chi connectivity index (χ2v) is 4.60. The number of aliphatic hydroxyl groups is 1. The highest BCUT2D eigenvalue weighted by atomic mass is 19.1. The molecule has 4 nitrogen and oxygen atoms in total. The third kappa shape index (κ3) is 3.79. The monoisotopic (exact) mass is 307 g/mol. The summed E-state index contributed by atoms with van der Waals surface area (Å²) in [6.45, 7) is -0.222. The standard InChI is InChI=1S/C16H15F2NO3/c1-19-16(21)10-3-2-4-12(7-10)22-9-15(20)13-6-5-11(17)8-14(13)18/h2-8,15,20H,9H2,1H3,(H,19,21). The Morgan fingerprint density at radius 1 is 1.27 bits per heavy atom. The Balaban J connectivity index is 2.04. The first-order chi connectivity index (χ1) is 10.5. The van der Waals surface area contributed by atoms with E-state index in [2.05, 4.69) is 5.32 Å². The summed E-state index contributed by atoms with van der Waals surface area (Å²) in [7, 11) is 1.51. The number of carbonyl (C=O) groups excluding carboxylic acids is 1. The molecule has 0 bridgehead atoms. The average Bonchev–Trinajstić information content (AvgIpc) is 2.52. The number of rotatable bonds is 5. The minimum atomic E-state index is -1.25. The van der Waals surface area contributed by atoms with Crippen LogP contribution in [-0.2, 0) is 0 Å². The van der Waals surface area contributed by atoms with E-state index >= 15 is 0 Å². The zero-order valence-corrected chi connectivity index (χ0v) is 11.8. The van der Waals surface area contributed by atoms with E-state index in [9.17, 15) is 18.7 Å². The van der Waals surface area contributed by atoms with Gasteiger partial charge in [-0.1, -0.05) is 12.1 Å². The summed E-state index contributed by atoms with van der Waals surface area (Å²) in [5, 5.41) is 12.4. The van der Waals surface area contributed by atoms with Gasteiger partial charge in [0.25, 0.3) is 5.91 Å². The molecule has 1 amide bonds. The van der Waals surface area contributed by atoms with Gasteiger partial charge in [0.1, 0.15) is 30.1 Å². The minimum Gasteiger partial charge on any atom is -0.491 e. The summed E-state index contributed by atoms with van der Waals surface area (Å²) in [5.41, 5.74) is 0.353. The molecule has 1 unspecified atom stereocenters. The summed E-state index contributed by atoms with van der Waals surface area (Å²) in [5.74, 6) is -1.46. The van der Waals surface area contributed by atoms with E-state index in [0.29, 0.717) is 17.4 Å². The molecule has 2 N–H and O–H groups in total. The number of hydrogen-bond acceptors (Lipinski definition) is 3. The summed E-state index contributed by atoms with van der Waals surface area (Å²) >= 11 is 0. The molecule has 6 heteroatoms. The van der Waals surface area contributed by atoms with Gasteiger partial charge in [-0.05, 0) is 24.3 Å². The fourth-order valence-corrected chi connectivity index (χ4v) is 1.91. The molecule has 0 aromatic heterocycles. The van der Waals surface area contributed by atoms with Crippen LogP contribution in [0.4, 0.5) is 8.78 Å². The van der Waals surface area contributed by atoms with E-state index in [4.69, 9.17) is 4.74 Å². The number of nitrogens with one attached hydrogen (secondary N) is 1. The van der Waals surface area contributed by atoms with Crippen molar-refractivity contribution in [2.45, 2.75) is 6.10 Å². The van der Waals surface area contributed by atoms with E-state index in [1.807, 2.05) is 0 Å². The first-order valence-electron chi connectivity index (χ1n) is 6.59. The van der Waals surface area contributed by atoms with Crippen LogP contribution in [0.25, 0.3) is 0 Å². The van der Waals surface area contributed by atoms with E-state index in [0.717, 1.165) is 6.07 Å². The molecule has 0 aliphatic heterocycles. The lowest BCUT2D eigenvalue weighted by Gasteiger charge is -2.14. The van der Waals surface area contributed by atoms with Gasteiger partial charge in [0.05, 0.1) is 0 Å². The van der Waals surface area contributed by atoms with Crippen molar-refractivity contribution in [2.24, 2.45) is 0 Å². The third-order valence-corrected chi connectivity index (χ3v) is 3.05. The zero-order valence-electron chi connectivity index (χ0n) is 11.8. The van der Waals surface area contributed by atoms with Crippen LogP contribution in [0.1, 0.15) is 22.0 Å². The van der Waals surface area contributed by atoms with Crippen molar-refractivity contribution >= 4 is 5.91 Å². The molecular formula is C16H15F2NO3. The van der Waals surface area contributed by atoms with Crippen molar-refractivity contribution < 1.29 is 23.4 Å². The predicted octanol–water partition coefficient (Wildman–Crippen LogP) is 2.44. The molecular weight excluding hydrogens is 292 g/mol. The van der Waals surface area contributed by atoms with E-state index in [1.54, 1.807) is 18.2 Å². The topological polar surface area (TPSA) is 58.6 Å². The summed E-state index contributed by atoms with van der Waals surface area (Å²) in [6.07, 6.45) is -1.25. The first-order valence-corrected chi connectivity index (χ1v) is 6.59. The fourth-order valence-electron chi connectivity index (χ4n) is 1.91. The second kappa shape index (κ2) is 7.00. The minimum absolute atomic E-state index is 0.0520. The molecule has 1 atom stereocenters. The Morgan fingerprint density at radius 3 is 2.73 bits per heavy atom. The van der Waals surface area contributed by atoms with Crippen LogP contribution >= 0.6 is 0 Å². The van der Waals surface area contributed by atoms with Crippen molar-refractivity contribution in [2.75, 3.05) is 13.7 Å². The van der Waals surface area contributed by atoms with Gasteiger partial charge >= 0.3 is 0 Å². The third-order valence-electron chi connectivity index (χ3n) is 3.05. The Hall–Kier alpha value is -2.47. The van der Waals surface area contributed by atoms with Crippen LogP contribution in [0.5, 0.6) is 5.75 Å². The normalized spacial score (nSPS) is 11.8.